The van der Waals surface area contributed by atoms with Gasteiger partial charge in [-0.1, -0.05) is 24.3 Å². The lowest BCUT2D eigenvalue weighted by Crippen LogP contribution is -2.28. The number of thiophene rings is 1. The van der Waals surface area contributed by atoms with Crippen LogP contribution >= 0.6 is 11.3 Å². The second kappa shape index (κ2) is 7.81. The van der Waals surface area contributed by atoms with E-state index >= 15 is 0 Å². The minimum absolute atomic E-state index is 0.252. The van der Waals surface area contributed by atoms with Crippen LogP contribution in [0.25, 0.3) is 5.69 Å². The van der Waals surface area contributed by atoms with Crippen LogP contribution in [-0.4, -0.2) is 24.1 Å². The van der Waals surface area contributed by atoms with E-state index in [1.54, 1.807) is 11.3 Å². The van der Waals surface area contributed by atoms with Crippen molar-refractivity contribution in [2.75, 3.05) is 13.7 Å². The summed E-state index contributed by atoms with van der Waals surface area (Å²) in [6.07, 6.45) is 2.29. The average Bonchev–Trinajstić information content (AvgIpc) is 3.15. The maximum absolute atomic E-state index is 12.5. The summed E-state index contributed by atoms with van der Waals surface area (Å²) < 4.78 is 6.66. The minimum Gasteiger partial charge on any atom is -0.496 e. The number of nitrogens with zero attached hydrogens (tertiary/aromatic N) is 1. The lowest BCUT2D eigenvalue weighted by Gasteiger charge is -2.12. The number of aromatic nitrogens is 1. The molecule has 0 unspecified atom stereocenters. The second-order valence-corrected chi connectivity index (χ2v) is 6.42. The van der Waals surface area contributed by atoms with E-state index in [2.05, 4.69) is 5.32 Å². The molecule has 0 radical (unpaired) electrons. The fourth-order valence-corrected chi connectivity index (χ4v) is 3.20. The third-order valence-corrected chi connectivity index (χ3v) is 4.69. The summed E-state index contributed by atoms with van der Waals surface area (Å²) >= 11 is 1.66. The third kappa shape index (κ3) is 3.97. The van der Waals surface area contributed by atoms with E-state index in [4.69, 9.17) is 4.74 Å². The van der Waals surface area contributed by atoms with Crippen LogP contribution in [-0.2, 0) is 6.42 Å². The summed E-state index contributed by atoms with van der Waals surface area (Å²) in [5, 5.41) is 4.89. The highest BCUT2D eigenvalue weighted by Gasteiger charge is 2.15. The van der Waals surface area contributed by atoms with Crippen LogP contribution < -0.4 is 15.6 Å². The molecule has 0 saturated carbocycles. The summed E-state index contributed by atoms with van der Waals surface area (Å²) in [4.78, 5) is 26.1. The molecule has 0 atom stereocenters. The maximum Gasteiger partial charge on any atom is 0.258 e. The van der Waals surface area contributed by atoms with Crippen molar-refractivity contribution in [2.24, 2.45) is 0 Å². The van der Waals surface area contributed by atoms with Crippen LogP contribution in [0, 0.1) is 0 Å². The number of nitrogens with one attached hydrogen (secondary N) is 1. The fourth-order valence-electron chi connectivity index (χ4n) is 2.49. The molecule has 2 heterocycles. The smallest absolute Gasteiger partial charge is 0.258 e. The first-order valence-electron chi connectivity index (χ1n) is 7.86. The molecule has 128 valence electrons. The summed E-state index contributed by atoms with van der Waals surface area (Å²) in [6, 6.07) is 14.5. The molecular weight excluding hydrogens is 336 g/mol. The number of carbonyl (C=O) groups is 1. The van der Waals surface area contributed by atoms with Crippen LogP contribution in [0.4, 0.5) is 0 Å². The Balaban J connectivity index is 1.83. The molecule has 1 amide bonds. The van der Waals surface area contributed by atoms with E-state index in [-0.39, 0.29) is 17.2 Å². The van der Waals surface area contributed by atoms with Gasteiger partial charge in [-0.3, -0.25) is 14.2 Å². The summed E-state index contributed by atoms with van der Waals surface area (Å²) in [5.74, 6) is 0.00360. The van der Waals surface area contributed by atoms with Gasteiger partial charge in [0.2, 0.25) is 0 Å². The molecule has 1 aromatic carbocycles. The Morgan fingerprint density at radius 3 is 2.68 bits per heavy atom. The van der Waals surface area contributed by atoms with Gasteiger partial charge in [0.15, 0.2) is 0 Å². The quantitative estimate of drug-likeness (QED) is 0.740. The van der Waals surface area contributed by atoms with Gasteiger partial charge in [0, 0.05) is 29.4 Å². The first-order valence-corrected chi connectivity index (χ1v) is 8.73. The van der Waals surface area contributed by atoms with Crippen LogP contribution in [0.5, 0.6) is 5.75 Å². The zero-order valence-electron chi connectivity index (χ0n) is 13.8. The second-order valence-electron chi connectivity index (χ2n) is 5.38. The van der Waals surface area contributed by atoms with Crippen LogP contribution in [0.2, 0.25) is 0 Å². The average molecular weight is 354 g/mol. The van der Waals surface area contributed by atoms with Gasteiger partial charge >= 0.3 is 0 Å². The van der Waals surface area contributed by atoms with Crippen molar-refractivity contribution in [3.05, 3.63) is 80.9 Å². The molecule has 0 saturated heterocycles. The number of methoxy groups -OCH3 is 1. The molecular formula is C19H18N2O3S. The normalized spacial score (nSPS) is 10.4. The number of pyridine rings is 1. The Bertz CT molecular complexity index is 902. The number of hydrogen-bond acceptors (Lipinski definition) is 4. The molecule has 0 aliphatic rings. The predicted octanol–water partition coefficient (Wildman–Crippen LogP) is 2.88. The molecule has 0 aliphatic heterocycles. The predicted molar refractivity (Wildman–Crippen MR) is 98.9 cm³/mol. The van der Waals surface area contributed by atoms with E-state index in [1.165, 1.54) is 28.8 Å². The minimum atomic E-state index is -0.266. The molecule has 0 spiro atoms. The summed E-state index contributed by atoms with van der Waals surface area (Å²) in [5.41, 5.74) is 0.776. The third-order valence-electron chi connectivity index (χ3n) is 3.75. The standard InChI is InChI=1S/C19H18N2O3S/c1-24-17-12-18(22)21(14-6-3-2-4-7-14)13-16(17)19(23)20-10-9-15-8-5-11-25-15/h2-8,11-13H,9-10H2,1H3,(H,20,23). The summed E-state index contributed by atoms with van der Waals surface area (Å²) in [6.45, 7) is 0.521. The molecule has 1 N–H and O–H groups in total. The summed E-state index contributed by atoms with van der Waals surface area (Å²) in [7, 11) is 1.45. The van der Waals surface area contributed by atoms with E-state index in [0.29, 0.717) is 17.8 Å². The number of carbonyl (C=O) groups excluding carboxylic acids is 1. The van der Waals surface area contributed by atoms with Crippen molar-refractivity contribution in [1.82, 2.24) is 9.88 Å². The van der Waals surface area contributed by atoms with E-state index in [0.717, 1.165) is 6.42 Å². The Kier molecular flexibility index (Phi) is 5.30. The van der Waals surface area contributed by atoms with Gasteiger partial charge in [-0.25, -0.2) is 0 Å². The number of amides is 1. The van der Waals surface area contributed by atoms with Crippen LogP contribution in [0.1, 0.15) is 15.2 Å². The molecule has 5 nitrogen and oxygen atoms in total. The Morgan fingerprint density at radius 2 is 2.00 bits per heavy atom. The van der Waals surface area contributed by atoms with Crippen molar-refractivity contribution >= 4 is 17.2 Å². The molecule has 0 bridgehead atoms. The van der Waals surface area contributed by atoms with Crippen molar-refractivity contribution in [1.29, 1.82) is 0 Å². The van der Waals surface area contributed by atoms with Gasteiger partial charge in [0.25, 0.3) is 11.5 Å². The monoisotopic (exact) mass is 354 g/mol. The molecule has 0 fully saturated rings. The maximum atomic E-state index is 12.5. The van der Waals surface area contributed by atoms with Gasteiger partial charge in [-0.05, 0) is 30.0 Å². The fraction of sp³-hybridized carbons (Fsp3) is 0.158. The Labute approximate surface area is 149 Å². The Hall–Kier alpha value is -2.86. The van der Waals surface area contributed by atoms with E-state index in [9.17, 15) is 9.59 Å². The van der Waals surface area contributed by atoms with Crippen LogP contribution in [0.15, 0.2) is 64.9 Å². The largest absolute Gasteiger partial charge is 0.496 e. The lowest BCUT2D eigenvalue weighted by molar-refractivity contribution is 0.0950. The number of para-hydroxylation sites is 1. The van der Waals surface area contributed by atoms with Crippen molar-refractivity contribution < 1.29 is 9.53 Å². The zero-order chi connectivity index (χ0) is 17.6. The van der Waals surface area contributed by atoms with Crippen molar-refractivity contribution in [3.63, 3.8) is 0 Å². The van der Waals surface area contributed by atoms with Gasteiger partial charge in [-0.15, -0.1) is 11.3 Å². The van der Waals surface area contributed by atoms with Crippen molar-refractivity contribution in [3.8, 4) is 11.4 Å². The van der Waals surface area contributed by atoms with Crippen LogP contribution in [0.3, 0.4) is 0 Å². The first kappa shape index (κ1) is 17.0. The SMILES string of the molecule is COc1cc(=O)n(-c2ccccc2)cc1C(=O)NCCc1cccs1. The Morgan fingerprint density at radius 1 is 1.20 bits per heavy atom. The molecule has 6 heteroatoms. The molecule has 25 heavy (non-hydrogen) atoms. The highest BCUT2D eigenvalue weighted by Crippen LogP contribution is 2.17. The number of ether oxygens (including phenoxy) is 1. The van der Waals surface area contributed by atoms with Gasteiger partial charge in [0.1, 0.15) is 5.75 Å². The molecule has 3 aromatic rings. The molecule has 3 rings (SSSR count). The highest BCUT2D eigenvalue weighted by atomic mass is 32.1. The number of rotatable bonds is 6. The molecule has 2 aromatic heterocycles. The van der Waals surface area contributed by atoms with Gasteiger partial charge in [0.05, 0.1) is 12.7 Å². The highest BCUT2D eigenvalue weighted by molar-refractivity contribution is 7.09. The van der Waals surface area contributed by atoms with Gasteiger partial charge in [-0.2, -0.15) is 0 Å². The zero-order valence-corrected chi connectivity index (χ0v) is 14.6. The number of hydrogen-bond donors (Lipinski definition) is 1. The molecule has 0 aliphatic carbocycles. The first-order chi connectivity index (χ1) is 12.2. The van der Waals surface area contributed by atoms with E-state index in [1.807, 2.05) is 47.8 Å². The lowest BCUT2D eigenvalue weighted by atomic mass is 10.2. The topological polar surface area (TPSA) is 60.3 Å². The number of benzene rings is 1. The van der Waals surface area contributed by atoms with E-state index < -0.39 is 0 Å². The van der Waals surface area contributed by atoms with Gasteiger partial charge < -0.3 is 10.1 Å². The van der Waals surface area contributed by atoms with Crippen molar-refractivity contribution in [2.45, 2.75) is 6.42 Å².